The Bertz CT molecular complexity index is 889. The van der Waals surface area contributed by atoms with Crippen LogP contribution in [0, 0.1) is 17.1 Å². The average molecular weight is 422 g/mol. The maximum Gasteiger partial charge on any atom is 0.260 e. The molecule has 3 rings (SSSR count). The van der Waals surface area contributed by atoms with Crippen molar-refractivity contribution in [2.45, 2.75) is 6.54 Å². The van der Waals surface area contributed by atoms with E-state index in [1.807, 2.05) is 6.07 Å². The van der Waals surface area contributed by atoms with Crippen molar-refractivity contribution in [3.63, 3.8) is 0 Å². The van der Waals surface area contributed by atoms with E-state index in [-0.39, 0.29) is 18.3 Å². The Morgan fingerprint density at radius 1 is 1.14 bits per heavy atom. The molecule has 146 valence electrons. The van der Waals surface area contributed by atoms with Gasteiger partial charge < -0.3 is 9.64 Å². The quantitative estimate of drug-likeness (QED) is 0.737. The van der Waals surface area contributed by atoms with Gasteiger partial charge in [0, 0.05) is 43.3 Å². The summed E-state index contributed by atoms with van der Waals surface area (Å²) in [6.45, 7) is 2.56. The van der Waals surface area contributed by atoms with Crippen molar-refractivity contribution in [2.75, 3.05) is 32.8 Å². The van der Waals surface area contributed by atoms with Crippen LogP contribution < -0.4 is 4.74 Å². The number of amides is 1. The summed E-state index contributed by atoms with van der Waals surface area (Å²) in [7, 11) is 0. The summed E-state index contributed by atoms with van der Waals surface area (Å²) in [5, 5.41) is 9.54. The van der Waals surface area contributed by atoms with E-state index in [0.717, 1.165) is 0 Å². The monoisotopic (exact) mass is 421 g/mol. The van der Waals surface area contributed by atoms with E-state index < -0.39 is 0 Å². The van der Waals surface area contributed by atoms with Gasteiger partial charge in [-0.25, -0.2) is 4.39 Å². The Morgan fingerprint density at radius 3 is 2.54 bits per heavy atom. The molecule has 1 fully saturated rings. The molecule has 0 saturated carbocycles. The Kier molecular flexibility index (Phi) is 6.74. The van der Waals surface area contributed by atoms with Crippen LogP contribution in [0.5, 0.6) is 5.75 Å². The second-order valence-electron chi connectivity index (χ2n) is 6.40. The first-order valence-corrected chi connectivity index (χ1v) is 9.49. The maximum atomic E-state index is 13.9. The molecule has 2 aromatic carbocycles. The first kappa shape index (κ1) is 20.4. The van der Waals surface area contributed by atoms with E-state index in [9.17, 15) is 9.18 Å². The van der Waals surface area contributed by atoms with E-state index in [1.165, 1.54) is 12.1 Å². The van der Waals surface area contributed by atoms with Gasteiger partial charge in [-0.2, -0.15) is 5.26 Å². The fraction of sp³-hybridized carbons (Fsp3) is 0.300. The molecule has 2 aromatic rings. The lowest BCUT2D eigenvalue weighted by Crippen LogP contribution is -2.49. The van der Waals surface area contributed by atoms with Gasteiger partial charge in [0.1, 0.15) is 11.6 Å². The Labute approximate surface area is 172 Å². The minimum atomic E-state index is -0.321. The molecule has 8 heteroatoms. The molecule has 1 aliphatic rings. The number of nitrogens with zero attached hydrogens (tertiary/aromatic N) is 3. The number of carbonyl (C=O) groups is 1. The van der Waals surface area contributed by atoms with E-state index in [4.69, 9.17) is 33.2 Å². The highest BCUT2D eigenvalue weighted by Gasteiger charge is 2.23. The zero-order valence-electron chi connectivity index (χ0n) is 15.0. The van der Waals surface area contributed by atoms with Gasteiger partial charge in [0.05, 0.1) is 16.7 Å². The SMILES string of the molecule is N#Cc1ccc(OCC(=O)N2CCN(Cc3c(F)cccc3Cl)CC2)c(Cl)c1. The summed E-state index contributed by atoms with van der Waals surface area (Å²) in [5.74, 6) is -0.107. The topological polar surface area (TPSA) is 56.6 Å². The molecule has 5 nitrogen and oxygen atoms in total. The lowest BCUT2D eigenvalue weighted by Gasteiger charge is -2.34. The van der Waals surface area contributed by atoms with E-state index in [2.05, 4.69) is 4.90 Å². The van der Waals surface area contributed by atoms with Crippen LogP contribution in [0.2, 0.25) is 10.0 Å². The molecule has 0 aliphatic carbocycles. The number of halogens is 3. The molecule has 28 heavy (non-hydrogen) atoms. The summed E-state index contributed by atoms with van der Waals surface area (Å²) in [5.41, 5.74) is 0.900. The molecular formula is C20H18Cl2FN3O2. The first-order valence-electron chi connectivity index (χ1n) is 8.73. The summed E-state index contributed by atoms with van der Waals surface area (Å²) < 4.78 is 19.4. The summed E-state index contributed by atoms with van der Waals surface area (Å²) in [6, 6.07) is 11.3. The van der Waals surface area contributed by atoms with Gasteiger partial charge in [0.2, 0.25) is 0 Å². The van der Waals surface area contributed by atoms with E-state index in [1.54, 1.807) is 29.2 Å². The van der Waals surface area contributed by atoms with Gasteiger partial charge >= 0.3 is 0 Å². The highest BCUT2D eigenvalue weighted by molar-refractivity contribution is 6.32. The van der Waals surface area contributed by atoms with Crippen molar-refractivity contribution in [3.05, 3.63) is 63.4 Å². The Balaban J connectivity index is 1.49. The van der Waals surface area contributed by atoms with E-state index >= 15 is 0 Å². The third-order valence-corrected chi connectivity index (χ3v) is 5.23. The van der Waals surface area contributed by atoms with Gasteiger partial charge in [-0.05, 0) is 30.3 Å². The molecule has 1 heterocycles. The summed E-state index contributed by atoms with van der Waals surface area (Å²) in [4.78, 5) is 16.2. The number of hydrogen-bond donors (Lipinski definition) is 0. The largest absolute Gasteiger partial charge is 0.482 e. The van der Waals surface area contributed by atoms with Crippen LogP contribution in [-0.4, -0.2) is 48.5 Å². The third-order valence-electron chi connectivity index (χ3n) is 4.58. The van der Waals surface area contributed by atoms with Crippen molar-refractivity contribution in [2.24, 2.45) is 0 Å². The molecule has 0 radical (unpaired) electrons. The van der Waals surface area contributed by atoms with Crippen LogP contribution in [0.4, 0.5) is 4.39 Å². The number of benzene rings is 2. The molecule has 1 aliphatic heterocycles. The highest BCUT2D eigenvalue weighted by atomic mass is 35.5. The molecule has 1 saturated heterocycles. The molecular weight excluding hydrogens is 404 g/mol. The number of hydrogen-bond acceptors (Lipinski definition) is 4. The van der Waals surface area contributed by atoms with Gasteiger partial charge in [-0.3, -0.25) is 9.69 Å². The molecule has 0 spiro atoms. The molecule has 0 unspecified atom stereocenters. The lowest BCUT2D eigenvalue weighted by molar-refractivity contribution is -0.135. The van der Waals surface area contributed by atoms with E-state index in [0.29, 0.717) is 59.6 Å². The summed E-state index contributed by atoms with van der Waals surface area (Å²) in [6.07, 6.45) is 0. The predicted molar refractivity (Wildman–Crippen MR) is 105 cm³/mol. The fourth-order valence-electron chi connectivity index (χ4n) is 2.98. The zero-order chi connectivity index (χ0) is 20.1. The minimum absolute atomic E-state index is 0.134. The second-order valence-corrected chi connectivity index (χ2v) is 7.22. The Hall–Kier alpha value is -2.33. The number of nitriles is 1. The van der Waals surface area contributed by atoms with Crippen molar-refractivity contribution < 1.29 is 13.9 Å². The molecule has 1 amide bonds. The van der Waals surface area contributed by atoms with Crippen LogP contribution in [0.1, 0.15) is 11.1 Å². The van der Waals surface area contributed by atoms with Crippen molar-refractivity contribution in [1.29, 1.82) is 5.26 Å². The van der Waals surface area contributed by atoms with Gasteiger partial charge in [-0.15, -0.1) is 0 Å². The number of piperazine rings is 1. The molecule has 0 bridgehead atoms. The van der Waals surface area contributed by atoms with Crippen molar-refractivity contribution in [1.82, 2.24) is 9.80 Å². The number of ether oxygens (including phenoxy) is 1. The molecule has 0 atom stereocenters. The standard InChI is InChI=1S/C20H18Cl2FN3O2/c21-16-2-1-3-18(23)15(16)12-25-6-8-26(9-7-25)20(27)13-28-19-5-4-14(11-24)10-17(19)22/h1-5,10H,6-9,12-13H2. The smallest absolute Gasteiger partial charge is 0.260 e. The van der Waals surface area contributed by atoms with Gasteiger partial charge in [0.15, 0.2) is 6.61 Å². The van der Waals surface area contributed by atoms with Crippen molar-refractivity contribution in [3.8, 4) is 11.8 Å². The fourth-order valence-corrected chi connectivity index (χ4v) is 3.44. The number of rotatable bonds is 5. The van der Waals surface area contributed by atoms with Crippen LogP contribution in [0.25, 0.3) is 0 Å². The average Bonchev–Trinajstić information content (AvgIpc) is 2.70. The predicted octanol–water partition coefficient (Wildman–Crippen LogP) is 3.73. The maximum absolute atomic E-state index is 13.9. The Morgan fingerprint density at radius 2 is 1.89 bits per heavy atom. The summed E-state index contributed by atoms with van der Waals surface area (Å²) >= 11 is 12.1. The van der Waals surface area contributed by atoms with Gasteiger partial charge in [-0.1, -0.05) is 29.3 Å². The van der Waals surface area contributed by atoms with Crippen LogP contribution in [-0.2, 0) is 11.3 Å². The molecule has 0 N–H and O–H groups in total. The highest BCUT2D eigenvalue weighted by Crippen LogP contribution is 2.25. The van der Waals surface area contributed by atoms with Crippen LogP contribution in [0.15, 0.2) is 36.4 Å². The first-order chi connectivity index (χ1) is 13.5. The third kappa shape index (κ3) is 4.93. The van der Waals surface area contributed by atoms with Crippen molar-refractivity contribution >= 4 is 29.1 Å². The number of carbonyl (C=O) groups excluding carboxylic acids is 1. The lowest BCUT2D eigenvalue weighted by atomic mass is 10.2. The van der Waals surface area contributed by atoms with Crippen LogP contribution >= 0.6 is 23.2 Å². The van der Waals surface area contributed by atoms with Crippen LogP contribution in [0.3, 0.4) is 0 Å². The zero-order valence-corrected chi connectivity index (χ0v) is 16.5. The minimum Gasteiger partial charge on any atom is -0.482 e. The van der Waals surface area contributed by atoms with Gasteiger partial charge in [0.25, 0.3) is 5.91 Å². The normalized spacial score (nSPS) is 14.6. The molecule has 0 aromatic heterocycles. The second kappa shape index (κ2) is 9.24.